The zero-order chi connectivity index (χ0) is 24.9. The predicted molar refractivity (Wildman–Crippen MR) is 118 cm³/mol. The normalized spacial score (nSPS) is 11.3. The lowest BCUT2D eigenvalue weighted by molar-refractivity contribution is -0.138. The Bertz CT molecular complexity index is 1160. The first kappa shape index (κ1) is 24.8. The van der Waals surface area contributed by atoms with Crippen LogP contribution in [0.4, 0.5) is 13.2 Å². The lowest BCUT2D eigenvalue weighted by atomic mass is 9.94. The maximum atomic E-state index is 13.5. The van der Waals surface area contributed by atoms with Crippen LogP contribution >= 0.6 is 0 Å². The molecule has 0 aliphatic rings. The fourth-order valence-corrected chi connectivity index (χ4v) is 3.63. The van der Waals surface area contributed by atoms with Gasteiger partial charge < -0.3 is 14.7 Å². The number of hydrogen-bond donors (Lipinski definition) is 1. The Morgan fingerprint density at radius 2 is 1.91 bits per heavy atom. The SMILES string of the molecule is CCN(Cc1cc(C(F)(F)F)ccc1-c1cc(CC(=O)O)ccc1OC)C(=O)Cn1cccn1. The van der Waals surface area contributed by atoms with Crippen LogP contribution in [-0.4, -0.2) is 45.3 Å². The van der Waals surface area contributed by atoms with E-state index in [1.807, 2.05) is 0 Å². The zero-order valence-corrected chi connectivity index (χ0v) is 18.7. The predicted octanol–water partition coefficient (Wildman–Crippen LogP) is 4.25. The van der Waals surface area contributed by atoms with E-state index in [-0.39, 0.29) is 37.5 Å². The maximum absolute atomic E-state index is 13.5. The molecule has 34 heavy (non-hydrogen) atoms. The lowest BCUT2D eigenvalue weighted by Gasteiger charge is -2.24. The number of carboxylic acids is 1. The topological polar surface area (TPSA) is 84.7 Å². The van der Waals surface area contributed by atoms with E-state index in [2.05, 4.69) is 5.10 Å². The van der Waals surface area contributed by atoms with Crippen molar-refractivity contribution < 1.29 is 32.6 Å². The molecule has 0 saturated heterocycles. The van der Waals surface area contributed by atoms with Gasteiger partial charge in [-0.25, -0.2) is 0 Å². The van der Waals surface area contributed by atoms with E-state index in [4.69, 9.17) is 9.84 Å². The molecule has 1 N–H and O–H groups in total. The number of amides is 1. The molecule has 0 saturated carbocycles. The fourth-order valence-electron chi connectivity index (χ4n) is 3.63. The molecule has 0 aliphatic heterocycles. The molecule has 1 heterocycles. The third-order valence-corrected chi connectivity index (χ3v) is 5.29. The number of benzene rings is 2. The number of ether oxygens (including phenoxy) is 1. The van der Waals surface area contributed by atoms with Gasteiger partial charge >= 0.3 is 12.1 Å². The summed E-state index contributed by atoms with van der Waals surface area (Å²) in [7, 11) is 1.42. The highest BCUT2D eigenvalue weighted by molar-refractivity contribution is 5.79. The number of halogens is 3. The first-order valence-corrected chi connectivity index (χ1v) is 10.5. The number of nitrogens with zero attached hydrogens (tertiary/aromatic N) is 3. The van der Waals surface area contributed by atoms with Crippen LogP contribution < -0.4 is 4.74 Å². The molecular formula is C24H24F3N3O4. The Labute approximate surface area is 194 Å². The van der Waals surface area contributed by atoms with E-state index < -0.39 is 17.7 Å². The van der Waals surface area contributed by atoms with Crippen molar-refractivity contribution in [2.24, 2.45) is 0 Å². The molecule has 0 spiro atoms. The van der Waals surface area contributed by atoms with Crippen LogP contribution in [0.3, 0.4) is 0 Å². The molecule has 0 unspecified atom stereocenters. The summed E-state index contributed by atoms with van der Waals surface area (Å²) in [5, 5.41) is 13.1. The number of likely N-dealkylation sites (N-methyl/N-ethyl adjacent to an activating group) is 1. The Morgan fingerprint density at radius 1 is 1.15 bits per heavy atom. The first-order chi connectivity index (χ1) is 16.1. The molecule has 1 amide bonds. The highest BCUT2D eigenvalue weighted by Crippen LogP contribution is 2.38. The Kier molecular flexibility index (Phi) is 7.60. The summed E-state index contributed by atoms with van der Waals surface area (Å²) in [6.07, 6.45) is -1.67. The van der Waals surface area contributed by atoms with Crippen LogP contribution in [0, 0.1) is 0 Å². The first-order valence-electron chi connectivity index (χ1n) is 10.5. The fraction of sp³-hybridized carbons (Fsp3) is 0.292. The number of methoxy groups -OCH3 is 1. The molecule has 3 rings (SSSR count). The van der Waals surface area contributed by atoms with Gasteiger partial charge in [-0.3, -0.25) is 14.3 Å². The van der Waals surface area contributed by atoms with Crippen molar-refractivity contribution in [2.45, 2.75) is 32.6 Å². The molecule has 0 aliphatic carbocycles. The average Bonchev–Trinajstić information content (AvgIpc) is 3.29. The monoisotopic (exact) mass is 475 g/mol. The van der Waals surface area contributed by atoms with Crippen molar-refractivity contribution in [1.82, 2.24) is 14.7 Å². The van der Waals surface area contributed by atoms with Gasteiger partial charge in [-0.2, -0.15) is 18.3 Å². The van der Waals surface area contributed by atoms with E-state index in [1.54, 1.807) is 37.4 Å². The van der Waals surface area contributed by atoms with Gasteiger partial charge in [0.05, 0.1) is 19.1 Å². The van der Waals surface area contributed by atoms with Gasteiger partial charge in [0.25, 0.3) is 0 Å². The minimum atomic E-state index is -4.57. The maximum Gasteiger partial charge on any atom is 0.416 e. The van der Waals surface area contributed by atoms with Gasteiger partial charge in [-0.15, -0.1) is 0 Å². The molecule has 0 radical (unpaired) electrons. The van der Waals surface area contributed by atoms with Crippen molar-refractivity contribution in [3.8, 4) is 16.9 Å². The molecule has 180 valence electrons. The standard InChI is InChI=1S/C24H24F3N3O4/c1-3-29(22(31)15-30-10-4-9-28-30)14-17-13-18(24(25,26)27)6-7-19(17)20-11-16(12-23(32)33)5-8-21(20)34-2/h4-11,13H,3,12,14-15H2,1-2H3,(H,32,33). The molecule has 1 aromatic heterocycles. The summed E-state index contributed by atoms with van der Waals surface area (Å²) >= 11 is 0. The second-order valence-corrected chi connectivity index (χ2v) is 7.59. The molecular weight excluding hydrogens is 451 g/mol. The minimum absolute atomic E-state index is 0.0491. The molecule has 0 fully saturated rings. The third kappa shape index (κ3) is 5.94. The molecule has 0 atom stereocenters. The molecule has 2 aromatic carbocycles. The summed E-state index contributed by atoms with van der Waals surface area (Å²) in [4.78, 5) is 25.4. The smallest absolute Gasteiger partial charge is 0.416 e. The number of carbonyl (C=O) groups is 2. The summed E-state index contributed by atoms with van der Waals surface area (Å²) in [5.41, 5.74) is 0.748. The molecule has 0 bridgehead atoms. The zero-order valence-electron chi connectivity index (χ0n) is 18.7. The van der Waals surface area contributed by atoms with Crippen LogP contribution in [0.25, 0.3) is 11.1 Å². The van der Waals surface area contributed by atoms with Gasteiger partial charge in [0.1, 0.15) is 12.3 Å². The van der Waals surface area contributed by atoms with Gasteiger partial charge in [0, 0.05) is 31.0 Å². The van der Waals surface area contributed by atoms with Crippen molar-refractivity contribution in [1.29, 1.82) is 0 Å². The van der Waals surface area contributed by atoms with Crippen molar-refractivity contribution in [3.63, 3.8) is 0 Å². The molecule has 10 heteroatoms. The van der Waals surface area contributed by atoms with Gasteiger partial charge in [0.2, 0.25) is 5.91 Å². The van der Waals surface area contributed by atoms with Crippen LogP contribution in [0.2, 0.25) is 0 Å². The number of rotatable bonds is 9. The Hall–Kier alpha value is -3.82. The largest absolute Gasteiger partial charge is 0.496 e. The second kappa shape index (κ2) is 10.4. The highest BCUT2D eigenvalue weighted by atomic mass is 19.4. The Morgan fingerprint density at radius 3 is 2.50 bits per heavy atom. The van der Waals surface area contributed by atoms with Crippen molar-refractivity contribution in [2.75, 3.05) is 13.7 Å². The number of carbonyl (C=O) groups excluding carboxylic acids is 1. The summed E-state index contributed by atoms with van der Waals surface area (Å²) in [6, 6.07) is 9.73. The number of alkyl halides is 3. The van der Waals surface area contributed by atoms with E-state index in [0.717, 1.165) is 12.1 Å². The lowest BCUT2D eigenvalue weighted by Crippen LogP contribution is -2.33. The van der Waals surface area contributed by atoms with Crippen molar-refractivity contribution in [3.05, 3.63) is 71.5 Å². The van der Waals surface area contributed by atoms with Gasteiger partial charge in [0.15, 0.2) is 0 Å². The number of hydrogen-bond acceptors (Lipinski definition) is 4. The van der Waals surface area contributed by atoms with Crippen LogP contribution in [0.15, 0.2) is 54.9 Å². The second-order valence-electron chi connectivity index (χ2n) is 7.59. The highest BCUT2D eigenvalue weighted by Gasteiger charge is 2.31. The van der Waals surface area contributed by atoms with E-state index in [9.17, 15) is 22.8 Å². The van der Waals surface area contributed by atoms with Crippen LogP contribution in [0.5, 0.6) is 5.75 Å². The van der Waals surface area contributed by atoms with Crippen LogP contribution in [0.1, 0.15) is 23.6 Å². The van der Waals surface area contributed by atoms with E-state index in [1.165, 1.54) is 29.0 Å². The number of aliphatic carboxylic acids is 1. The van der Waals surface area contributed by atoms with Gasteiger partial charge in [-0.05, 0) is 53.9 Å². The van der Waals surface area contributed by atoms with E-state index >= 15 is 0 Å². The summed E-state index contributed by atoms with van der Waals surface area (Å²) in [6.45, 7) is 1.88. The molecule has 7 nitrogen and oxygen atoms in total. The van der Waals surface area contributed by atoms with Crippen molar-refractivity contribution >= 4 is 11.9 Å². The Balaban J connectivity index is 2.06. The third-order valence-electron chi connectivity index (χ3n) is 5.29. The minimum Gasteiger partial charge on any atom is -0.496 e. The molecule has 3 aromatic rings. The quantitative estimate of drug-likeness (QED) is 0.500. The van der Waals surface area contributed by atoms with Crippen LogP contribution in [-0.2, 0) is 35.3 Å². The van der Waals surface area contributed by atoms with E-state index in [0.29, 0.717) is 22.4 Å². The number of carboxylic acid groups (broad SMARTS) is 1. The number of aromatic nitrogens is 2. The average molecular weight is 475 g/mol. The van der Waals surface area contributed by atoms with Gasteiger partial charge in [-0.1, -0.05) is 12.1 Å². The summed E-state index contributed by atoms with van der Waals surface area (Å²) < 4.78 is 47.3. The summed E-state index contributed by atoms with van der Waals surface area (Å²) in [5.74, 6) is -0.965.